The van der Waals surface area contributed by atoms with Crippen molar-refractivity contribution < 1.29 is 9.53 Å². The van der Waals surface area contributed by atoms with Gasteiger partial charge in [-0.2, -0.15) is 4.98 Å². The van der Waals surface area contributed by atoms with Crippen molar-refractivity contribution >= 4 is 35.1 Å². The van der Waals surface area contributed by atoms with E-state index in [1.165, 1.54) is 6.20 Å². The molecule has 0 bridgehead atoms. The average Bonchev–Trinajstić information content (AvgIpc) is 2.47. The Bertz CT molecular complexity index is 563. The maximum atomic E-state index is 12.2. The molecule has 0 aliphatic carbocycles. The van der Waals surface area contributed by atoms with Gasteiger partial charge in [-0.05, 0) is 51.1 Å². The first kappa shape index (κ1) is 18.1. The molecule has 1 fully saturated rings. The summed E-state index contributed by atoms with van der Waals surface area (Å²) < 4.78 is 5.43. The van der Waals surface area contributed by atoms with Crippen LogP contribution in [0.5, 0.6) is 0 Å². The number of hydrogen-bond acceptors (Lipinski definition) is 5. The number of anilines is 1. The van der Waals surface area contributed by atoms with Crippen LogP contribution in [0.25, 0.3) is 0 Å². The summed E-state index contributed by atoms with van der Waals surface area (Å²) in [7, 11) is 0. The Balaban J connectivity index is 1.89. The van der Waals surface area contributed by atoms with Crippen LogP contribution in [0.2, 0.25) is 10.3 Å². The maximum absolute atomic E-state index is 12.2. The fourth-order valence-corrected chi connectivity index (χ4v) is 2.73. The molecular formula is C15H22Cl2N4O2. The molecule has 1 aromatic rings. The number of carbonyl (C=O) groups is 1. The van der Waals surface area contributed by atoms with Crippen LogP contribution < -0.4 is 5.32 Å². The first-order chi connectivity index (χ1) is 10.7. The van der Waals surface area contributed by atoms with Crippen LogP contribution in [0.1, 0.15) is 33.6 Å². The van der Waals surface area contributed by atoms with Crippen LogP contribution in [0.15, 0.2) is 6.20 Å². The third-order valence-corrected chi connectivity index (χ3v) is 3.90. The zero-order valence-electron chi connectivity index (χ0n) is 13.6. The molecule has 1 amide bonds. The van der Waals surface area contributed by atoms with Crippen LogP contribution in [0.4, 0.5) is 10.6 Å². The lowest BCUT2D eigenvalue weighted by atomic mass is 9.98. The number of hydrogen-bond donors (Lipinski definition) is 1. The number of nitrogens with zero attached hydrogens (tertiary/aromatic N) is 3. The summed E-state index contributed by atoms with van der Waals surface area (Å²) in [6, 6.07) is 0. The molecule has 1 aromatic heterocycles. The lowest BCUT2D eigenvalue weighted by Crippen LogP contribution is -2.44. The van der Waals surface area contributed by atoms with Gasteiger partial charge in [-0.1, -0.05) is 11.6 Å². The number of likely N-dealkylation sites (tertiary alicyclic amines) is 1. The molecular weight excluding hydrogens is 339 g/mol. The lowest BCUT2D eigenvalue weighted by Gasteiger charge is -2.34. The van der Waals surface area contributed by atoms with E-state index in [-0.39, 0.29) is 11.4 Å². The summed E-state index contributed by atoms with van der Waals surface area (Å²) in [4.78, 5) is 21.8. The van der Waals surface area contributed by atoms with Crippen molar-refractivity contribution in [2.45, 2.75) is 39.2 Å². The van der Waals surface area contributed by atoms with Crippen LogP contribution in [0.3, 0.4) is 0 Å². The third-order valence-electron chi connectivity index (χ3n) is 3.44. The molecule has 8 heteroatoms. The number of ether oxygens (including phenoxy) is 1. The summed E-state index contributed by atoms with van der Waals surface area (Å²) in [5.41, 5.74) is -0.479. The van der Waals surface area contributed by atoms with E-state index in [1.807, 2.05) is 20.8 Å². The van der Waals surface area contributed by atoms with E-state index in [9.17, 15) is 4.79 Å². The Kier molecular flexibility index (Phi) is 5.92. The highest BCUT2D eigenvalue weighted by Crippen LogP contribution is 2.23. The van der Waals surface area contributed by atoms with Crippen LogP contribution in [-0.4, -0.2) is 46.2 Å². The quantitative estimate of drug-likeness (QED) is 0.829. The number of amides is 1. The van der Waals surface area contributed by atoms with Gasteiger partial charge in [0.05, 0.1) is 6.20 Å². The SMILES string of the molecule is CC(C)(C)OC(=O)N1CCC[C@H](CNc2nc(Cl)ncc2Cl)C1. The van der Waals surface area contributed by atoms with Crippen molar-refractivity contribution in [3.63, 3.8) is 0 Å². The fourth-order valence-electron chi connectivity index (χ4n) is 2.43. The second-order valence-corrected chi connectivity index (χ2v) is 7.40. The molecule has 0 unspecified atom stereocenters. The van der Waals surface area contributed by atoms with Gasteiger partial charge in [0.25, 0.3) is 0 Å². The van der Waals surface area contributed by atoms with Crippen LogP contribution in [-0.2, 0) is 4.74 Å². The summed E-state index contributed by atoms with van der Waals surface area (Å²) in [5.74, 6) is 0.821. The highest BCUT2D eigenvalue weighted by molar-refractivity contribution is 6.33. The Morgan fingerprint density at radius 2 is 2.22 bits per heavy atom. The Morgan fingerprint density at radius 1 is 1.48 bits per heavy atom. The fraction of sp³-hybridized carbons (Fsp3) is 0.667. The predicted molar refractivity (Wildman–Crippen MR) is 91.1 cm³/mol. The lowest BCUT2D eigenvalue weighted by molar-refractivity contribution is 0.0172. The van der Waals surface area contributed by atoms with E-state index in [0.29, 0.717) is 29.8 Å². The number of piperidine rings is 1. The number of rotatable bonds is 3. The molecule has 1 saturated heterocycles. The van der Waals surface area contributed by atoms with Gasteiger partial charge in [-0.25, -0.2) is 9.78 Å². The van der Waals surface area contributed by atoms with Crippen molar-refractivity contribution in [2.75, 3.05) is 25.0 Å². The van der Waals surface area contributed by atoms with Gasteiger partial charge in [0, 0.05) is 19.6 Å². The van der Waals surface area contributed by atoms with Gasteiger partial charge < -0.3 is 15.0 Å². The molecule has 0 radical (unpaired) electrons. The minimum Gasteiger partial charge on any atom is -0.444 e. The van der Waals surface area contributed by atoms with Crippen molar-refractivity contribution in [3.05, 3.63) is 16.5 Å². The molecule has 1 aliphatic rings. The zero-order chi connectivity index (χ0) is 17.0. The molecule has 1 aliphatic heterocycles. The van der Waals surface area contributed by atoms with Gasteiger partial charge in [-0.15, -0.1) is 0 Å². The van der Waals surface area contributed by atoms with E-state index < -0.39 is 5.60 Å². The number of carbonyl (C=O) groups excluding carboxylic acids is 1. The Morgan fingerprint density at radius 3 is 2.91 bits per heavy atom. The second kappa shape index (κ2) is 7.53. The third kappa shape index (κ3) is 5.70. The summed E-state index contributed by atoms with van der Waals surface area (Å²) >= 11 is 11.8. The monoisotopic (exact) mass is 360 g/mol. The molecule has 1 N–H and O–H groups in total. The van der Waals surface area contributed by atoms with E-state index in [4.69, 9.17) is 27.9 Å². The van der Waals surface area contributed by atoms with Crippen LogP contribution >= 0.6 is 23.2 Å². The zero-order valence-corrected chi connectivity index (χ0v) is 15.1. The average molecular weight is 361 g/mol. The van der Waals surface area contributed by atoms with Crippen molar-refractivity contribution in [3.8, 4) is 0 Å². The first-order valence-electron chi connectivity index (χ1n) is 7.64. The molecule has 128 valence electrons. The van der Waals surface area contributed by atoms with Gasteiger partial charge in [-0.3, -0.25) is 0 Å². The van der Waals surface area contributed by atoms with E-state index in [1.54, 1.807) is 4.90 Å². The standard InChI is InChI=1S/C15H22Cl2N4O2/c1-15(2,3)23-14(22)21-6-4-5-10(9-21)7-18-12-11(16)8-19-13(17)20-12/h8,10H,4-7,9H2,1-3H3,(H,18,19,20)/t10-/m1/s1. The highest BCUT2D eigenvalue weighted by atomic mass is 35.5. The molecule has 2 heterocycles. The van der Waals surface area contributed by atoms with Gasteiger partial charge in [0.2, 0.25) is 5.28 Å². The number of halogens is 2. The topological polar surface area (TPSA) is 67.3 Å². The maximum Gasteiger partial charge on any atom is 0.410 e. The molecule has 2 rings (SSSR count). The van der Waals surface area contributed by atoms with Gasteiger partial charge in [0.15, 0.2) is 0 Å². The summed E-state index contributed by atoms with van der Waals surface area (Å²) in [5, 5.41) is 3.76. The summed E-state index contributed by atoms with van der Waals surface area (Å²) in [6.07, 6.45) is 3.19. The molecule has 0 spiro atoms. The molecule has 0 saturated carbocycles. The minimum absolute atomic E-state index is 0.149. The number of aromatic nitrogens is 2. The van der Waals surface area contributed by atoms with Gasteiger partial charge in [0.1, 0.15) is 16.4 Å². The van der Waals surface area contributed by atoms with Crippen LogP contribution in [0, 0.1) is 5.92 Å². The van der Waals surface area contributed by atoms with E-state index >= 15 is 0 Å². The highest BCUT2D eigenvalue weighted by Gasteiger charge is 2.27. The van der Waals surface area contributed by atoms with Crippen molar-refractivity contribution in [1.29, 1.82) is 0 Å². The second-order valence-electron chi connectivity index (χ2n) is 6.65. The Hall–Kier alpha value is -1.27. The molecule has 1 atom stereocenters. The molecule has 0 aromatic carbocycles. The Labute approximate surface area is 146 Å². The van der Waals surface area contributed by atoms with E-state index in [0.717, 1.165) is 19.4 Å². The molecule has 6 nitrogen and oxygen atoms in total. The predicted octanol–water partition coefficient (Wildman–Crippen LogP) is 3.84. The van der Waals surface area contributed by atoms with Gasteiger partial charge >= 0.3 is 6.09 Å². The van der Waals surface area contributed by atoms with Crippen molar-refractivity contribution in [1.82, 2.24) is 14.9 Å². The smallest absolute Gasteiger partial charge is 0.410 e. The largest absolute Gasteiger partial charge is 0.444 e. The summed E-state index contributed by atoms with van der Waals surface area (Å²) in [6.45, 7) is 7.65. The molecule has 23 heavy (non-hydrogen) atoms. The number of nitrogens with one attached hydrogen (secondary N) is 1. The normalized spacial score (nSPS) is 18.7. The minimum atomic E-state index is -0.479. The van der Waals surface area contributed by atoms with E-state index in [2.05, 4.69) is 15.3 Å². The first-order valence-corrected chi connectivity index (χ1v) is 8.40. The van der Waals surface area contributed by atoms with Crippen molar-refractivity contribution in [2.24, 2.45) is 5.92 Å².